The maximum atomic E-state index is 12.5. The van der Waals surface area contributed by atoms with Gasteiger partial charge in [-0.05, 0) is 48.4 Å². The standard InChI is InChI=1S/C19H22N2O/c1-21(19(22)12-11-15-6-5-13-20-14-15)18-10-4-8-16-7-2-3-9-17(16)18/h2-3,5-7,9,13-14,18H,4,8,10-12H2,1H3/t18-/m1/s1. The second-order valence-electron chi connectivity index (χ2n) is 5.97. The van der Waals surface area contributed by atoms with Gasteiger partial charge in [0, 0.05) is 25.9 Å². The second-order valence-corrected chi connectivity index (χ2v) is 5.97. The monoisotopic (exact) mass is 294 g/mol. The molecule has 1 aliphatic carbocycles. The van der Waals surface area contributed by atoms with E-state index in [2.05, 4.69) is 29.2 Å². The maximum absolute atomic E-state index is 12.5. The Morgan fingerprint density at radius 3 is 2.95 bits per heavy atom. The van der Waals surface area contributed by atoms with Crippen molar-refractivity contribution in [2.45, 2.75) is 38.1 Å². The molecule has 22 heavy (non-hydrogen) atoms. The molecule has 3 heteroatoms. The minimum Gasteiger partial charge on any atom is -0.339 e. The Balaban J connectivity index is 1.66. The van der Waals surface area contributed by atoms with Gasteiger partial charge in [-0.15, -0.1) is 0 Å². The molecule has 0 unspecified atom stereocenters. The second kappa shape index (κ2) is 6.73. The van der Waals surface area contributed by atoms with Crippen molar-refractivity contribution in [1.29, 1.82) is 0 Å². The van der Waals surface area contributed by atoms with Gasteiger partial charge in [-0.1, -0.05) is 30.3 Å². The number of pyridine rings is 1. The predicted octanol–water partition coefficient (Wildman–Crippen LogP) is 3.55. The van der Waals surface area contributed by atoms with E-state index in [1.54, 1.807) is 6.20 Å². The summed E-state index contributed by atoms with van der Waals surface area (Å²) in [6.45, 7) is 0. The number of aromatic nitrogens is 1. The van der Waals surface area contributed by atoms with Crippen LogP contribution in [-0.2, 0) is 17.6 Å². The van der Waals surface area contributed by atoms with Crippen molar-refractivity contribution in [3.63, 3.8) is 0 Å². The smallest absolute Gasteiger partial charge is 0.223 e. The first-order valence-electron chi connectivity index (χ1n) is 7.98. The first kappa shape index (κ1) is 14.8. The van der Waals surface area contributed by atoms with Crippen LogP contribution < -0.4 is 0 Å². The van der Waals surface area contributed by atoms with Crippen LogP contribution in [0.4, 0.5) is 0 Å². The van der Waals surface area contributed by atoms with Crippen molar-refractivity contribution in [3.8, 4) is 0 Å². The largest absolute Gasteiger partial charge is 0.339 e. The summed E-state index contributed by atoms with van der Waals surface area (Å²) >= 11 is 0. The van der Waals surface area contributed by atoms with Crippen LogP contribution in [-0.4, -0.2) is 22.8 Å². The number of fused-ring (bicyclic) bond motifs is 1. The zero-order chi connectivity index (χ0) is 15.4. The van der Waals surface area contributed by atoms with Crippen LogP contribution in [0.1, 0.15) is 42.0 Å². The summed E-state index contributed by atoms with van der Waals surface area (Å²) in [5.74, 6) is 0.213. The van der Waals surface area contributed by atoms with Crippen LogP contribution >= 0.6 is 0 Å². The van der Waals surface area contributed by atoms with E-state index in [4.69, 9.17) is 0 Å². The molecule has 1 aromatic carbocycles. The fourth-order valence-electron chi connectivity index (χ4n) is 3.28. The number of nitrogens with zero attached hydrogens (tertiary/aromatic N) is 2. The van der Waals surface area contributed by atoms with Gasteiger partial charge in [0.2, 0.25) is 5.91 Å². The molecule has 0 fully saturated rings. The first-order valence-corrected chi connectivity index (χ1v) is 7.98. The minimum absolute atomic E-state index is 0.213. The third-order valence-corrected chi connectivity index (χ3v) is 4.55. The molecule has 0 saturated heterocycles. The van der Waals surface area contributed by atoms with Gasteiger partial charge < -0.3 is 4.90 Å². The van der Waals surface area contributed by atoms with Gasteiger partial charge in [-0.2, -0.15) is 0 Å². The summed E-state index contributed by atoms with van der Waals surface area (Å²) in [5, 5.41) is 0. The van der Waals surface area contributed by atoms with E-state index in [9.17, 15) is 4.79 Å². The van der Waals surface area contributed by atoms with Crippen LogP contribution in [0.5, 0.6) is 0 Å². The molecular formula is C19H22N2O. The Labute approximate surface area is 132 Å². The SMILES string of the molecule is CN(C(=O)CCc1cccnc1)[C@@H]1CCCc2ccccc21. The minimum atomic E-state index is 0.213. The highest BCUT2D eigenvalue weighted by molar-refractivity contribution is 5.76. The molecule has 0 N–H and O–H groups in total. The van der Waals surface area contributed by atoms with E-state index in [-0.39, 0.29) is 11.9 Å². The molecule has 1 amide bonds. The van der Waals surface area contributed by atoms with E-state index in [1.807, 2.05) is 30.3 Å². The molecule has 0 radical (unpaired) electrons. The third-order valence-electron chi connectivity index (χ3n) is 4.55. The number of carbonyl (C=O) groups excluding carboxylic acids is 1. The summed E-state index contributed by atoms with van der Waals surface area (Å²) in [6, 6.07) is 12.7. The predicted molar refractivity (Wildman–Crippen MR) is 87.4 cm³/mol. The van der Waals surface area contributed by atoms with Crippen LogP contribution in [0.2, 0.25) is 0 Å². The lowest BCUT2D eigenvalue weighted by molar-refractivity contribution is -0.132. The summed E-state index contributed by atoms with van der Waals surface area (Å²) in [7, 11) is 1.94. The normalized spacial score (nSPS) is 16.9. The Morgan fingerprint density at radius 1 is 1.27 bits per heavy atom. The van der Waals surface area contributed by atoms with Gasteiger partial charge in [0.25, 0.3) is 0 Å². The lowest BCUT2D eigenvalue weighted by atomic mass is 9.87. The molecule has 2 aromatic rings. The van der Waals surface area contributed by atoms with Crippen molar-refractivity contribution in [2.24, 2.45) is 0 Å². The van der Waals surface area contributed by atoms with Gasteiger partial charge >= 0.3 is 0 Å². The summed E-state index contributed by atoms with van der Waals surface area (Å²) in [5.41, 5.74) is 3.84. The Bertz CT molecular complexity index is 639. The number of aryl methyl sites for hydroxylation is 2. The summed E-state index contributed by atoms with van der Waals surface area (Å²) < 4.78 is 0. The molecule has 1 heterocycles. The van der Waals surface area contributed by atoms with Crippen LogP contribution in [0.25, 0.3) is 0 Å². The molecule has 0 spiro atoms. The van der Waals surface area contributed by atoms with Crippen molar-refractivity contribution in [1.82, 2.24) is 9.88 Å². The average Bonchev–Trinajstić information content (AvgIpc) is 2.59. The molecule has 0 saturated carbocycles. The maximum Gasteiger partial charge on any atom is 0.223 e. The third kappa shape index (κ3) is 3.19. The average molecular weight is 294 g/mol. The highest BCUT2D eigenvalue weighted by Crippen LogP contribution is 2.33. The van der Waals surface area contributed by atoms with Crippen molar-refractivity contribution >= 4 is 5.91 Å². The number of rotatable bonds is 4. The molecule has 1 atom stereocenters. The Hall–Kier alpha value is -2.16. The first-order chi connectivity index (χ1) is 10.8. The molecular weight excluding hydrogens is 272 g/mol. The molecule has 0 bridgehead atoms. The Kier molecular flexibility index (Phi) is 4.52. The number of carbonyl (C=O) groups is 1. The van der Waals surface area contributed by atoms with Gasteiger partial charge in [0.05, 0.1) is 6.04 Å². The van der Waals surface area contributed by atoms with Crippen LogP contribution in [0, 0.1) is 0 Å². The lowest BCUT2D eigenvalue weighted by Gasteiger charge is -2.33. The van der Waals surface area contributed by atoms with E-state index >= 15 is 0 Å². The molecule has 1 aliphatic rings. The number of amides is 1. The van der Waals surface area contributed by atoms with E-state index < -0.39 is 0 Å². The number of benzene rings is 1. The highest BCUT2D eigenvalue weighted by atomic mass is 16.2. The molecule has 3 rings (SSSR count). The summed E-state index contributed by atoms with van der Waals surface area (Å²) in [6.07, 6.45) is 8.24. The van der Waals surface area contributed by atoms with E-state index in [0.717, 1.165) is 31.2 Å². The van der Waals surface area contributed by atoms with E-state index in [1.165, 1.54) is 11.1 Å². The molecule has 3 nitrogen and oxygen atoms in total. The van der Waals surface area contributed by atoms with Crippen molar-refractivity contribution in [2.75, 3.05) is 7.05 Å². The molecule has 0 aliphatic heterocycles. The van der Waals surface area contributed by atoms with Gasteiger partial charge in [-0.3, -0.25) is 9.78 Å². The quantitative estimate of drug-likeness (QED) is 0.864. The van der Waals surface area contributed by atoms with Crippen LogP contribution in [0.3, 0.4) is 0 Å². The Morgan fingerprint density at radius 2 is 2.14 bits per heavy atom. The van der Waals surface area contributed by atoms with Crippen molar-refractivity contribution < 1.29 is 4.79 Å². The highest BCUT2D eigenvalue weighted by Gasteiger charge is 2.26. The molecule has 114 valence electrons. The number of hydrogen-bond donors (Lipinski definition) is 0. The lowest BCUT2D eigenvalue weighted by Crippen LogP contribution is -2.33. The fraction of sp³-hybridized carbons (Fsp3) is 0.368. The zero-order valence-electron chi connectivity index (χ0n) is 13.0. The number of hydrogen-bond acceptors (Lipinski definition) is 2. The van der Waals surface area contributed by atoms with Crippen LogP contribution in [0.15, 0.2) is 48.8 Å². The zero-order valence-corrected chi connectivity index (χ0v) is 13.0. The van der Waals surface area contributed by atoms with Crippen molar-refractivity contribution in [3.05, 3.63) is 65.5 Å². The van der Waals surface area contributed by atoms with Gasteiger partial charge in [-0.25, -0.2) is 0 Å². The van der Waals surface area contributed by atoms with E-state index in [0.29, 0.717) is 6.42 Å². The molecule has 1 aromatic heterocycles. The van der Waals surface area contributed by atoms with Gasteiger partial charge in [0.1, 0.15) is 0 Å². The van der Waals surface area contributed by atoms with Gasteiger partial charge in [0.15, 0.2) is 0 Å². The fourth-order valence-corrected chi connectivity index (χ4v) is 3.28. The topological polar surface area (TPSA) is 33.2 Å². The summed E-state index contributed by atoms with van der Waals surface area (Å²) in [4.78, 5) is 18.6.